The van der Waals surface area contributed by atoms with Crippen LogP contribution in [0.3, 0.4) is 0 Å². The molecular weight excluding hydrogens is 342 g/mol. The van der Waals surface area contributed by atoms with E-state index in [1.807, 2.05) is 0 Å². The van der Waals surface area contributed by atoms with Crippen molar-refractivity contribution in [1.82, 2.24) is 0 Å². The van der Waals surface area contributed by atoms with E-state index in [2.05, 4.69) is 72.8 Å². The predicted molar refractivity (Wildman–Crippen MR) is 113 cm³/mol. The Hall–Kier alpha value is -0.786. The van der Waals surface area contributed by atoms with Crippen LogP contribution in [-0.2, 0) is 6.42 Å². The third kappa shape index (κ3) is 4.69. The summed E-state index contributed by atoms with van der Waals surface area (Å²) in [6.07, 6.45) is 0.856. The van der Waals surface area contributed by atoms with Crippen molar-refractivity contribution in [3.8, 4) is 11.5 Å². The van der Waals surface area contributed by atoms with Gasteiger partial charge in [0.25, 0.3) is 8.32 Å². The van der Waals surface area contributed by atoms with Gasteiger partial charge in [-0.2, -0.15) is 0 Å². The first-order valence-corrected chi connectivity index (χ1v) is 14.7. The highest BCUT2D eigenvalue weighted by molar-refractivity contribution is 6.86. The number of hydrogen-bond donors (Lipinski definition) is 1. The summed E-state index contributed by atoms with van der Waals surface area (Å²) in [5.41, 5.74) is 7.02. The second-order valence-electron chi connectivity index (χ2n) is 10.1. The first kappa shape index (κ1) is 20.5. The van der Waals surface area contributed by atoms with Crippen molar-refractivity contribution in [3.05, 3.63) is 23.8 Å². The molecule has 0 radical (unpaired) electrons. The largest absolute Gasteiger partial charge is 0.543 e. The van der Waals surface area contributed by atoms with Gasteiger partial charge in [0, 0.05) is 6.07 Å². The van der Waals surface area contributed by atoms with Crippen molar-refractivity contribution in [2.45, 2.75) is 83.2 Å². The Morgan fingerprint density at radius 1 is 1.00 bits per heavy atom. The Balaban J connectivity index is 2.31. The fourth-order valence-electron chi connectivity index (χ4n) is 2.85. The van der Waals surface area contributed by atoms with Gasteiger partial charge in [-0.15, -0.1) is 0 Å². The van der Waals surface area contributed by atoms with Gasteiger partial charge in [0.15, 0.2) is 0 Å². The molecule has 2 rings (SSSR count). The Morgan fingerprint density at radius 2 is 1.56 bits per heavy atom. The molecule has 0 atom stereocenters. The fourth-order valence-corrected chi connectivity index (χ4v) is 7.35. The van der Waals surface area contributed by atoms with Crippen molar-refractivity contribution in [3.63, 3.8) is 0 Å². The molecule has 0 bridgehead atoms. The third-order valence-corrected chi connectivity index (χ3v) is 15.1. The average molecular weight is 380 g/mol. The molecule has 1 heterocycles. The molecule has 0 amide bonds. The van der Waals surface area contributed by atoms with Crippen molar-refractivity contribution < 1.29 is 8.85 Å². The van der Waals surface area contributed by atoms with Crippen molar-refractivity contribution in [2.75, 3.05) is 6.54 Å². The van der Waals surface area contributed by atoms with Gasteiger partial charge >= 0.3 is 0 Å². The minimum atomic E-state index is -1.87. The summed E-state index contributed by atoms with van der Waals surface area (Å²) in [6.45, 7) is 19.0. The lowest BCUT2D eigenvalue weighted by Crippen LogP contribution is -2.43. The molecule has 1 aliphatic heterocycles. The molecule has 0 unspecified atom stereocenters. The lowest BCUT2D eigenvalue weighted by atomic mass is 10.1. The molecule has 0 saturated carbocycles. The molecule has 1 aliphatic rings. The van der Waals surface area contributed by atoms with Crippen LogP contribution in [0.15, 0.2) is 18.2 Å². The van der Waals surface area contributed by atoms with Crippen LogP contribution in [0.4, 0.5) is 0 Å². The van der Waals surface area contributed by atoms with Crippen LogP contribution in [0.1, 0.15) is 47.1 Å². The van der Waals surface area contributed by atoms with E-state index >= 15 is 0 Å². The highest BCUT2D eigenvalue weighted by atomic mass is 28.4. The standard InChI is InChI=1S/C20H37NO2Si2/c1-19(2,3)24(7,8)22-17-13-16(9-10-21)14-18(15-17)23-25(11-12-25)20(4,5)6/h13-15H,9-12,21H2,1-8H3. The van der Waals surface area contributed by atoms with Gasteiger partial charge in [-0.3, -0.25) is 0 Å². The van der Waals surface area contributed by atoms with Crippen LogP contribution >= 0.6 is 0 Å². The number of nitrogens with two attached hydrogens (primary N) is 1. The maximum absolute atomic E-state index is 6.64. The normalized spacial score (nSPS) is 17.3. The number of benzene rings is 1. The highest BCUT2D eigenvalue weighted by Crippen LogP contribution is 2.54. The first-order chi connectivity index (χ1) is 11.3. The zero-order valence-electron chi connectivity index (χ0n) is 17.5. The molecule has 0 spiro atoms. The van der Waals surface area contributed by atoms with E-state index in [1.54, 1.807) is 0 Å². The summed E-state index contributed by atoms with van der Waals surface area (Å²) in [7, 11) is -3.50. The molecule has 25 heavy (non-hydrogen) atoms. The molecule has 1 aromatic carbocycles. The van der Waals surface area contributed by atoms with E-state index < -0.39 is 16.6 Å². The Kier molecular flexibility index (Phi) is 5.54. The van der Waals surface area contributed by atoms with Crippen LogP contribution in [0.5, 0.6) is 11.5 Å². The van der Waals surface area contributed by atoms with Crippen LogP contribution in [0, 0.1) is 0 Å². The van der Waals surface area contributed by atoms with E-state index in [0.29, 0.717) is 6.54 Å². The van der Waals surface area contributed by atoms with Crippen molar-refractivity contribution in [2.24, 2.45) is 5.73 Å². The smallest absolute Gasteiger partial charge is 0.256 e. The van der Waals surface area contributed by atoms with Gasteiger partial charge in [-0.05, 0) is 65.9 Å². The SMILES string of the molecule is CC(C)(C)[Si](C)(C)Oc1cc(CCN)cc(O[Si]2(C(C)(C)C)CC2)c1. The van der Waals surface area contributed by atoms with Gasteiger partial charge in [0.05, 0.1) is 0 Å². The highest BCUT2D eigenvalue weighted by Gasteiger charge is 2.59. The summed E-state index contributed by atoms with van der Waals surface area (Å²) in [6, 6.07) is 8.95. The van der Waals surface area contributed by atoms with Gasteiger partial charge < -0.3 is 14.6 Å². The fraction of sp³-hybridized carbons (Fsp3) is 0.700. The molecule has 142 valence electrons. The minimum absolute atomic E-state index is 0.176. The van der Waals surface area contributed by atoms with Crippen LogP contribution < -0.4 is 14.6 Å². The second-order valence-corrected chi connectivity index (χ2v) is 19.5. The van der Waals surface area contributed by atoms with Gasteiger partial charge in [-0.1, -0.05) is 41.5 Å². The minimum Gasteiger partial charge on any atom is -0.543 e. The number of rotatable bonds is 6. The monoisotopic (exact) mass is 379 g/mol. The third-order valence-electron chi connectivity index (χ3n) is 5.94. The topological polar surface area (TPSA) is 44.5 Å². The number of hydrogen-bond acceptors (Lipinski definition) is 3. The predicted octanol–water partition coefficient (Wildman–Crippen LogP) is 5.71. The molecule has 5 heteroatoms. The molecule has 2 N–H and O–H groups in total. The zero-order chi connectivity index (χ0) is 19.1. The molecule has 0 aromatic heterocycles. The molecule has 0 aliphatic carbocycles. The van der Waals surface area contributed by atoms with E-state index in [-0.39, 0.29) is 10.1 Å². The maximum atomic E-state index is 6.64. The zero-order valence-corrected chi connectivity index (χ0v) is 19.5. The van der Waals surface area contributed by atoms with Gasteiger partial charge in [0.1, 0.15) is 11.5 Å². The quantitative estimate of drug-likeness (QED) is 0.644. The van der Waals surface area contributed by atoms with E-state index in [1.165, 1.54) is 17.7 Å². The second kappa shape index (κ2) is 6.74. The van der Waals surface area contributed by atoms with E-state index in [4.69, 9.17) is 14.6 Å². The lowest BCUT2D eigenvalue weighted by Gasteiger charge is -2.37. The van der Waals surface area contributed by atoms with Gasteiger partial charge in [-0.25, -0.2) is 0 Å². The molecule has 1 fully saturated rings. The van der Waals surface area contributed by atoms with Crippen LogP contribution in [0.25, 0.3) is 0 Å². The average Bonchev–Trinajstić information content (AvgIpc) is 3.17. The first-order valence-electron chi connectivity index (χ1n) is 9.52. The Labute approximate surface area is 156 Å². The molecular formula is C20H37NO2Si2. The Bertz CT molecular complexity index is 575. The molecule has 3 nitrogen and oxygen atoms in total. The van der Waals surface area contributed by atoms with Crippen LogP contribution in [0.2, 0.25) is 35.3 Å². The summed E-state index contributed by atoms with van der Waals surface area (Å²) < 4.78 is 13.2. The van der Waals surface area contributed by atoms with Crippen molar-refractivity contribution >= 4 is 16.6 Å². The Morgan fingerprint density at radius 3 is 2.00 bits per heavy atom. The molecule has 1 saturated heterocycles. The summed E-state index contributed by atoms with van der Waals surface area (Å²) in [5.74, 6) is 1.94. The summed E-state index contributed by atoms with van der Waals surface area (Å²) in [4.78, 5) is 0. The van der Waals surface area contributed by atoms with Gasteiger partial charge in [0.2, 0.25) is 8.32 Å². The van der Waals surface area contributed by atoms with Crippen LogP contribution in [-0.4, -0.2) is 23.2 Å². The molecule has 1 aromatic rings. The van der Waals surface area contributed by atoms with E-state index in [0.717, 1.165) is 17.9 Å². The summed E-state index contributed by atoms with van der Waals surface area (Å²) >= 11 is 0. The summed E-state index contributed by atoms with van der Waals surface area (Å²) in [5, 5.41) is 0.451. The lowest BCUT2D eigenvalue weighted by molar-refractivity contribution is 0.480. The van der Waals surface area contributed by atoms with Crippen molar-refractivity contribution in [1.29, 1.82) is 0 Å². The maximum Gasteiger partial charge on any atom is 0.256 e. The van der Waals surface area contributed by atoms with E-state index in [9.17, 15) is 0 Å².